The summed E-state index contributed by atoms with van der Waals surface area (Å²) in [5, 5.41) is 20.8. The number of hydrogen-bond acceptors (Lipinski definition) is 7. The fourth-order valence-corrected chi connectivity index (χ4v) is 2.23. The van der Waals surface area contributed by atoms with Gasteiger partial charge in [-0.05, 0) is 42.0 Å². The van der Waals surface area contributed by atoms with Crippen molar-refractivity contribution in [2.75, 3.05) is 27.4 Å². The number of carbonyl (C=O) groups is 1. The molecule has 0 amide bonds. The fraction of sp³-hybridized carbons (Fsp3) is 0.211. The van der Waals surface area contributed by atoms with E-state index in [2.05, 4.69) is 0 Å². The number of nitrogens with zero attached hydrogens (tertiary/aromatic N) is 1. The maximum absolute atomic E-state index is 12.3. The van der Waals surface area contributed by atoms with Gasteiger partial charge in [0.05, 0.1) is 18.6 Å². The SMILES string of the molecule is COCCOc1ccc(C(=O)C=Cc2cc(OC)c(O)c([N+](=O)[O-])c2)cc1. The molecule has 0 saturated heterocycles. The average molecular weight is 373 g/mol. The number of allylic oxidation sites excluding steroid dienone is 1. The molecule has 0 radical (unpaired) electrons. The zero-order valence-corrected chi connectivity index (χ0v) is 14.9. The average Bonchev–Trinajstić information content (AvgIpc) is 2.67. The number of ketones is 1. The Morgan fingerprint density at radius 3 is 2.48 bits per heavy atom. The highest BCUT2D eigenvalue weighted by Gasteiger charge is 2.19. The molecule has 0 saturated carbocycles. The number of aromatic hydroxyl groups is 1. The van der Waals surface area contributed by atoms with E-state index in [0.29, 0.717) is 30.1 Å². The number of rotatable bonds is 9. The molecule has 0 aliphatic rings. The van der Waals surface area contributed by atoms with Crippen LogP contribution in [0.5, 0.6) is 17.2 Å². The van der Waals surface area contributed by atoms with Gasteiger partial charge in [-0.25, -0.2) is 0 Å². The maximum atomic E-state index is 12.3. The van der Waals surface area contributed by atoms with E-state index < -0.39 is 16.4 Å². The largest absolute Gasteiger partial charge is 0.500 e. The van der Waals surface area contributed by atoms with Crippen molar-refractivity contribution < 1.29 is 29.0 Å². The Morgan fingerprint density at radius 1 is 1.19 bits per heavy atom. The maximum Gasteiger partial charge on any atom is 0.315 e. The Kier molecular flexibility index (Phi) is 6.90. The first-order valence-corrected chi connectivity index (χ1v) is 7.96. The van der Waals surface area contributed by atoms with E-state index in [1.165, 1.54) is 25.3 Å². The minimum absolute atomic E-state index is 0.0474. The predicted molar refractivity (Wildman–Crippen MR) is 98.5 cm³/mol. The topological polar surface area (TPSA) is 108 Å². The molecule has 0 aliphatic carbocycles. The third-order valence-electron chi connectivity index (χ3n) is 3.62. The van der Waals surface area contributed by atoms with Crippen molar-refractivity contribution in [1.29, 1.82) is 0 Å². The van der Waals surface area contributed by atoms with Crippen molar-refractivity contribution in [2.24, 2.45) is 0 Å². The molecule has 1 N–H and O–H groups in total. The predicted octanol–water partition coefficient (Wildman–Crippen LogP) is 3.23. The summed E-state index contributed by atoms with van der Waals surface area (Å²) in [7, 11) is 2.86. The van der Waals surface area contributed by atoms with Gasteiger partial charge in [0, 0.05) is 18.7 Å². The number of phenols is 1. The van der Waals surface area contributed by atoms with E-state index in [-0.39, 0.29) is 11.5 Å². The van der Waals surface area contributed by atoms with Crippen molar-refractivity contribution in [3.8, 4) is 17.2 Å². The third-order valence-corrected chi connectivity index (χ3v) is 3.62. The summed E-state index contributed by atoms with van der Waals surface area (Å²) < 4.78 is 15.2. The molecule has 27 heavy (non-hydrogen) atoms. The van der Waals surface area contributed by atoms with Crippen molar-refractivity contribution in [1.82, 2.24) is 0 Å². The van der Waals surface area contributed by atoms with E-state index >= 15 is 0 Å². The number of carbonyl (C=O) groups excluding carboxylic acids is 1. The summed E-state index contributed by atoms with van der Waals surface area (Å²) in [5.74, 6) is -0.275. The van der Waals surface area contributed by atoms with Crippen molar-refractivity contribution in [3.63, 3.8) is 0 Å². The Morgan fingerprint density at radius 2 is 1.89 bits per heavy atom. The molecule has 0 spiro atoms. The number of benzene rings is 2. The Labute approximate surface area is 155 Å². The van der Waals surface area contributed by atoms with Crippen LogP contribution in [0.15, 0.2) is 42.5 Å². The molecule has 142 valence electrons. The molecule has 8 nitrogen and oxygen atoms in total. The molecule has 0 unspecified atom stereocenters. The summed E-state index contributed by atoms with van der Waals surface area (Å²) in [4.78, 5) is 22.6. The zero-order valence-electron chi connectivity index (χ0n) is 14.9. The molecule has 2 aromatic rings. The lowest BCUT2D eigenvalue weighted by Gasteiger charge is -2.06. The normalized spacial score (nSPS) is 10.7. The molecule has 0 bridgehead atoms. The number of nitro groups is 1. The van der Waals surface area contributed by atoms with Gasteiger partial charge in [0.2, 0.25) is 5.75 Å². The van der Waals surface area contributed by atoms with E-state index in [4.69, 9.17) is 14.2 Å². The summed E-state index contributed by atoms with van der Waals surface area (Å²) in [6.07, 6.45) is 2.70. The number of nitro benzene ring substituents is 1. The van der Waals surface area contributed by atoms with Gasteiger partial charge in [-0.1, -0.05) is 6.08 Å². The van der Waals surface area contributed by atoms with Gasteiger partial charge >= 0.3 is 5.69 Å². The van der Waals surface area contributed by atoms with Gasteiger partial charge in [-0.2, -0.15) is 0 Å². The van der Waals surface area contributed by atoms with Crippen molar-refractivity contribution in [3.05, 3.63) is 63.7 Å². The van der Waals surface area contributed by atoms with Gasteiger partial charge in [0.25, 0.3) is 0 Å². The highest BCUT2D eigenvalue weighted by molar-refractivity contribution is 6.06. The van der Waals surface area contributed by atoms with Gasteiger partial charge in [-0.3, -0.25) is 14.9 Å². The second-order valence-corrected chi connectivity index (χ2v) is 5.41. The fourth-order valence-electron chi connectivity index (χ4n) is 2.23. The van der Waals surface area contributed by atoms with Crippen LogP contribution in [0.4, 0.5) is 5.69 Å². The number of ether oxygens (including phenoxy) is 3. The van der Waals surface area contributed by atoms with E-state index in [1.807, 2.05) is 0 Å². The van der Waals surface area contributed by atoms with Crippen molar-refractivity contribution >= 4 is 17.5 Å². The summed E-state index contributed by atoms with van der Waals surface area (Å²) in [6.45, 7) is 0.872. The molecule has 2 rings (SSSR count). The van der Waals surface area contributed by atoms with Crippen LogP contribution in [-0.4, -0.2) is 43.2 Å². The quantitative estimate of drug-likeness (QED) is 0.236. The van der Waals surface area contributed by atoms with E-state index in [0.717, 1.165) is 6.07 Å². The molecule has 2 aromatic carbocycles. The molecular weight excluding hydrogens is 354 g/mol. The highest BCUT2D eigenvalue weighted by atomic mass is 16.6. The first-order valence-electron chi connectivity index (χ1n) is 7.96. The minimum Gasteiger partial charge on any atom is -0.500 e. The summed E-state index contributed by atoms with van der Waals surface area (Å²) >= 11 is 0. The van der Waals surface area contributed by atoms with Crippen LogP contribution in [0.2, 0.25) is 0 Å². The molecule has 0 fully saturated rings. The lowest BCUT2D eigenvalue weighted by Crippen LogP contribution is -2.04. The number of hydrogen-bond donors (Lipinski definition) is 1. The van der Waals surface area contributed by atoms with Crippen LogP contribution in [-0.2, 0) is 4.74 Å². The lowest BCUT2D eigenvalue weighted by atomic mass is 10.1. The molecule has 0 atom stereocenters. The highest BCUT2D eigenvalue weighted by Crippen LogP contribution is 2.37. The Balaban J connectivity index is 2.14. The minimum atomic E-state index is -0.723. The second kappa shape index (κ2) is 9.35. The van der Waals surface area contributed by atoms with E-state index in [9.17, 15) is 20.0 Å². The molecule has 8 heteroatoms. The number of phenolic OH excluding ortho intramolecular Hbond substituents is 1. The summed E-state index contributed by atoms with van der Waals surface area (Å²) in [6, 6.07) is 9.15. The van der Waals surface area contributed by atoms with Crippen LogP contribution >= 0.6 is 0 Å². The number of methoxy groups -OCH3 is 2. The van der Waals surface area contributed by atoms with Gasteiger partial charge in [0.1, 0.15) is 12.4 Å². The second-order valence-electron chi connectivity index (χ2n) is 5.41. The molecule has 0 heterocycles. The zero-order chi connectivity index (χ0) is 19.8. The first kappa shape index (κ1) is 19.9. The van der Waals surface area contributed by atoms with Gasteiger partial charge in [-0.15, -0.1) is 0 Å². The van der Waals surface area contributed by atoms with Crippen molar-refractivity contribution in [2.45, 2.75) is 0 Å². The smallest absolute Gasteiger partial charge is 0.315 e. The monoisotopic (exact) mass is 373 g/mol. The Hall–Kier alpha value is -3.39. The molecule has 0 aliphatic heterocycles. The van der Waals surface area contributed by atoms with E-state index in [1.54, 1.807) is 31.4 Å². The first-order chi connectivity index (χ1) is 13.0. The standard InChI is InChI=1S/C19H19NO7/c1-25-9-10-27-15-6-4-14(5-7-15)17(21)8-3-13-11-16(20(23)24)19(22)18(12-13)26-2/h3-8,11-12,22H,9-10H2,1-2H3. The molecular formula is C19H19NO7. The molecule has 0 aromatic heterocycles. The van der Waals surface area contributed by atoms with Crippen LogP contribution < -0.4 is 9.47 Å². The van der Waals surface area contributed by atoms with Gasteiger partial charge in [0.15, 0.2) is 11.5 Å². The van der Waals surface area contributed by atoms with Gasteiger partial charge < -0.3 is 19.3 Å². The Bertz CT molecular complexity index is 844. The van der Waals surface area contributed by atoms with Crippen LogP contribution in [0.1, 0.15) is 15.9 Å². The van der Waals surface area contributed by atoms with Crippen LogP contribution in [0, 0.1) is 10.1 Å². The van der Waals surface area contributed by atoms with Crippen LogP contribution in [0.3, 0.4) is 0 Å². The van der Waals surface area contributed by atoms with Crippen LogP contribution in [0.25, 0.3) is 6.08 Å². The summed E-state index contributed by atoms with van der Waals surface area (Å²) in [5.41, 5.74) is 0.286. The third kappa shape index (κ3) is 5.29. The lowest BCUT2D eigenvalue weighted by molar-refractivity contribution is -0.386.